The van der Waals surface area contributed by atoms with Crippen LogP contribution in [0, 0.1) is 0 Å². The molecule has 0 radical (unpaired) electrons. The molecule has 2 saturated heterocycles. The van der Waals surface area contributed by atoms with Crippen LogP contribution in [0.3, 0.4) is 0 Å². The number of guanidine groups is 1. The number of piperidine rings is 1. The van der Waals surface area contributed by atoms with Crippen molar-refractivity contribution in [2.45, 2.75) is 32.2 Å². The zero-order chi connectivity index (χ0) is 19.6. The van der Waals surface area contributed by atoms with Crippen LogP contribution in [0.25, 0.3) is 0 Å². The summed E-state index contributed by atoms with van der Waals surface area (Å²) in [4.78, 5) is 42.4. The summed E-state index contributed by atoms with van der Waals surface area (Å²) in [6.07, 6.45) is 2.80. The number of carbonyl (C=O) groups excluding carboxylic acids is 3. The van der Waals surface area contributed by atoms with Crippen molar-refractivity contribution < 1.29 is 14.4 Å². The number of amides is 4. The van der Waals surface area contributed by atoms with E-state index >= 15 is 0 Å². The van der Waals surface area contributed by atoms with Crippen molar-refractivity contribution in [3.8, 4) is 0 Å². The van der Waals surface area contributed by atoms with Crippen LogP contribution in [0.5, 0.6) is 0 Å². The van der Waals surface area contributed by atoms with Crippen LogP contribution in [0.1, 0.15) is 26.2 Å². The Labute approximate surface area is 160 Å². The zero-order valence-corrected chi connectivity index (χ0v) is 16.2. The summed E-state index contributed by atoms with van der Waals surface area (Å²) in [5.74, 6) is 0.530. The maximum atomic E-state index is 11.8. The monoisotopic (exact) mass is 381 g/mol. The average molecular weight is 381 g/mol. The Morgan fingerprint density at radius 1 is 1.22 bits per heavy atom. The summed E-state index contributed by atoms with van der Waals surface area (Å²) in [6, 6.07) is -0.0667. The van der Waals surface area contributed by atoms with Crippen molar-refractivity contribution in [3.05, 3.63) is 0 Å². The first kappa shape index (κ1) is 20.9. The summed E-state index contributed by atoms with van der Waals surface area (Å²) in [6.45, 7) is 5.74. The van der Waals surface area contributed by atoms with Crippen molar-refractivity contribution in [1.82, 2.24) is 31.1 Å². The van der Waals surface area contributed by atoms with Crippen molar-refractivity contribution in [1.29, 1.82) is 0 Å². The average Bonchev–Trinajstić information content (AvgIpc) is 2.99. The second-order valence-electron chi connectivity index (χ2n) is 6.75. The van der Waals surface area contributed by atoms with E-state index in [4.69, 9.17) is 0 Å². The van der Waals surface area contributed by atoms with Crippen molar-refractivity contribution in [2.24, 2.45) is 4.99 Å². The van der Waals surface area contributed by atoms with Gasteiger partial charge in [0.1, 0.15) is 0 Å². The van der Waals surface area contributed by atoms with E-state index in [9.17, 15) is 14.4 Å². The molecule has 10 nitrogen and oxygen atoms in total. The van der Waals surface area contributed by atoms with E-state index in [0.717, 1.165) is 38.9 Å². The lowest BCUT2D eigenvalue weighted by molar-refractivity contribution is -0.125. The number of imide groups is 1. The number of carbonyl (C=O) groups is 3. The molecule has 0 aliphatic carbocycles. The van der Waals surface area contributed by atoms with E-state index < -0.39 is 0 Å². The third-order valence-electron chi connectivity index (χ3n) is 4.66. The molecule has 2 heterocycles. The number of likely N-dealkylation sites (tertiary alicyclic amines) is 1. The molecule has 0 unspecified atom stereocenters. The molecule has 2 aliphatic rings. The van der Waals surface area contributed by atoms with Gasteiger partial charge in [0.2, 0.25) is 11.8 Å². The highest BCUT2D eigenvalue weighted by atomic mass is 16.2. The highest BCUT2D eigenvalue weighted by Gasteiger charge is 2.28. The first-order valence-corrected chi connectivity index (χ1v) is 9.58. The lowest BCUT2D eigenvalue weighted by atomic mass is 10.1. The molecule has 2 aliphatic heterocycles. The van der Waals surface area contributed by atoms with Gasteiger partial charge in [-0.2, -0.15) is 0 Å². The Kier molecular flexibility index (Phi) is 8.31. The van der Waals surface area contributed by atoms with Gasteiger partial charge in [0.15, 0.2) is 5.96 Å². The van der Waals surface area contributed by atoms with Gasteiger partial charge in [-0.15, -0.1) is 0 Å². The number of hydrogen-bond acceptors (Lipinski definition) is 5. The van der Waals surface area contributed by atoms with Crippen molar-refractivity contribution in [3.63, 3.8) is 0 Å². The lowest BCUT2D eigenvalue weighted by Crippen LogP contribution is -2.51. The Balaban J connectivity index is 1.65. The number of urea groups is 1. The van der Waals surface area contributed by atoms with Crippen molar-refractivity contribution in [2.75, 3.05) is 52.9 Å². The van der Waals surface area contributed by atoms with Gasteiger partial charge < -0.3 is 21.3 Å². The normalized spacial score (nSPS) is 19.2. The molecule has 2 fully saturated rings. The summed E-state index contributed by atoms with van der Waals surface area (Å²) in [5, 5.41) is 11.9. The van der Waals surface area contributed by atoms with Crippen LogP contribution in [0.2, 0.25) is 0 Å². The number of hydrogen-bond donors (Lipinski definition) is 4. The molecule has 0 aromatic heterocycles. The summed E-state index contributed by atoms with van der Waals surface area (Å²) >= 11 is 0. The topological polar surface area (TPSA) is 118 Å². The Morgan fingerprint density at radius 3 is 2.56 bits per heavy atom. The van der Waals surface area contributed by atoms with Gasteiger partial charge in [0, 0.05) is 45.8 Å². The van der Waals surface area contributed by atoms with Gasteiger partial charge in [-0.05, 0) is 19.3 Å². The van der Waals surface area contributed by atoms with E-state index in [1.54, 1.807) is 7.05 Å². The number of aliphatic imine (C=N–C) groups is 1. The molecule has 152 valence electrons. The summed E-state index contributed by atoms with van der Waals surface area (Å²) in [5.41, 5.74) is 0. The van der Waals surface area contributed by atoms with Gasteiger partial charge in [-0.1, -0.05) is 6.92 Å². The van der Waals surface area contributed by atoms with Gasteiger partial charge in [-0.3, -0.25) is 24.4 Å². The highest BCUT2D eigenvalue weighted by molar-refractivity contribution is 6.01. The number of nitrogens with one attached hydrogen (secondary N) is 4. The highest BCUT2D eigenvalue weighted by Crippen LogP contribution is 2.09. The minimum atomic E-state index is -0.347. The third kappa shape index (κ3) is 6.70. The SMILES string of the molecule is CCCNC(=O)CN1CCC(NC(=NC)NCCN2C(=O)CNC2=O)CC1. The summed E-state index contributed by atoms with van der Waals surface area (Å²) < 4.78 is 0. The van der Waals surface area contributed by atoms with Gasteiger partial charge in [0.25, 0.3) is 0 Å². The quantitative estimate of drug-likeness (QED) is 0.236. The molecule has 0 saturated carbocycles. The van der Waals surface area contributed by atoms with E-state index in [2.05, 4.69) is 31.2 Å². The van der Waals surface area contributed by atoms with E-state index in [-0.39, 0.29) is 30.4 Å². The van der Waals surface area contributed by atoms with Crippen LogP contribution in [0.15, 0.2) is 4.99 Å². The van der Waals surface area contributed by atoms with Crippen molar-refractivity contribution >= 4 is 23.8 Å². The van der Waals surface area contributed by atoms with E-state index in [0.29, 0.717) is 25.6 Å². The third-order valence-corrected chi connectivity index (χ3v) is 4.66. The predicted molar refractivity (Wildman–Crippen MR) is 102 cm³/mol. The maximum Gasteiger partial charge on any atom is 0.324 e. The second kappa shape index (κ2) is 10.7. The molecular formula is C17H31N7O3. The number of nitrogens with zero attached hydrogens (tertiary/aromatic N) is 3. The molecule has 0 aromatic rings. The van der Waals surface area contributed by atoms with E-state index in [1.807, 2.05) is 6.92 Å². The fourth-order valence-corrected chi connectivity index (χ4v) is 3.11. The first-order chi connectivity index (χ1) is 13.0. The molecule has 2 rings (SSSR count). The minimum Gasteiger partial charge on any atom is -0.355 e. The minimum absolute atomic E-state index is 0.0703. The maximum absolute atomic E-state index is 11.8. The number of rotatable bonds is 8. The van der Waals surface area contributed by atoms with Crippen LogP contribution >= 0.6 is 0 Å². The first-order valence-electron chi connectivity index (χ1n) is 9.58. The van der Waals surface area contributed by atoms with E-state index in [1.165, 1.54) is 4.90 Å². The van der Waals surface area contributed by atoms with Gasteiger partial charge >= 0.3 is 6.03 Å². The Morgan fingerprint density at radius 2 is 1.96 bits per heavy atom. The molecule has 10 heteroatoms. The molecular weight excluding hydrogens is 350 g/mol. The fourth-order valence-electron chi connectivity index (χ4n) is 3.11. The summed E-state index contributed by atoms with van der Waals surface area (Å²) in [7, 11) is 1.69. The Hall–Kier alpha value is -2.36. The van der Waals surface area contributed by atoms with Crippen LogP contribution in [-0.4, -0.2) is 92.5 Å². The zero-order valence-electron chi connectivity index (χ0n) is 16.2. The molecule has 0 atom stereocenters. The Bertz CT molecular complexity index is 543. The predicted octanol–water partition coefficient (Wildman–Crippen LogP) is -1.31. The van der Waals surface area contributed by atoms with Gasteiger partial charge in [-0.25, -0.2) is 4.79 Å². The molecule has 0 spiro atoms. The van der Waals surface area contributed by atoms with Gasteiger partial charge in [0.05, 0.1) is 13.1 Å². The molecule has 0 aromatic carbocycles. The molecule has 4 N–H and O–H groups in total. The lowest BCUT2D eigenvalue weighted by Gasteiger charge is -2.32. The molecule has 27 heavy (non-hydrogen) atoms. The standard InChI is InChI=1S/C17H31N7O3/c1-3-6-19-14(25)12-23-8-4-13(5-9-23)22-16(18-2)20-7-10-24-15(26)11-21-17(24)27/h13H,3-12H2,1-2H3,(H,19,25)(H,21,27)(H2,18,20,22). The second-order valence-corrected chi connectivity index (χ2v) is 6.75. The van der Waals surface area contributed by atoms with Crippen LogP contribution in [0.4, 0.5) is 4.79 Å². The van der Waals surface area contributed by atoms with Crippen LogP contribution in [-0.2, 0) is 9.59 Å². The molecule has 4 amide bonds. The smallest absolute Gasteiger partial charge is 0.324 e. The van der Waals surface area contributed by atoms with Crippen LogP contribution < -0.4 is 21.3 Å². The largest absolute Gasteiger partial charge is 0.355 e. The molecule has 0 bridgehead atoms. The fraction of sp³-hybridized carbons (Fsp3) is 0.765.